The number of fused-ring (bicyclic) bond motifs is 1. The molecule has 0 radical (unpaired) electrons. The number of sulfonamides is 1. The van der Waals surface area contributed by atoms with Crippen molar-refractivity contribution in [1.29, 1.82) is 0 Å². The monoisotopic (exact) mass is 460 g/mol. The summed E-state index contributed by atoms with van der Waals surface area (Å²) in [5, 5.41) is 0.901. The number of benzene rings is 3. The van der Waals surface area contributed by atoms with Gasteiger partial charge < -0.3 is 4.98 Å². The first-order valence-electron chi connectivity index (χ1n) is 11.0. The van der Waals surface area contributed by atoms with E-state index in [1.807, 2.05) is 69.3 Å². The van der Waals surface area contributed by atoms with E-state index in [0.717, 1.165) is 33.2 Å². The summed E-state index contributed by atoms with van der Waals surface area (Å²) in [6.45, 7) is 6.15. The Kier molecular flexibility index (Phi) is 6.49. The molecule has 0 saturated heterocycles. The van der Waals surface area contributed by atoms with Gasteiger partial charge >= 0.3 is 0 Å². The average Bonchev–Trinajstić information content (AvgIpc) is 2.78. The summed E-state index contributed by atoms with van der Waals surface area (Å²) in [5.74, 6) is 0. The van der Waals surface area contributed by atoms with Crippen LogP contribution in [0.4, 0.5) is 0 Å². The lowest BCUT2D eigenvalue weighted by Gasteiger charge is -2.22. The van der Waals surface area contributed by atoms with Crippen molar-refractivity contribution in [2.24, 2.45) is 0 Å². The van der Waals surface area contributed by atoms with E-state index in [9.17, 15) is 13.2 Å². The van der Waals surface area contributed by atoms with Gasteiger partial charge in [0.15, 0.2) is 0 Å². The second-order valence-corrected chi connectivity index (χ2v) is 10.5. The lowest BCUT2D eigenvalue weighted by atomic mass is 10.1. The van der Waals surface area contributed by atoms with Crippen LogP contribution in [0.25, 0.3) is 10.9 Å². The number of nitrogens with zero attached hydrogens (tertiary/aromatic N) is 1. The molecular weight excluding hydrogens is 432 g/mol. The number of hydrogen-bond acceptors (Lipinski definition) is 3. The molecule has 5 nitrogen and oxygen atoms in total. The quantitative estimate of drug-likeness (QED) is 0.427. The Labute approximate surface area is 194 Å². The van der Waals surface area contributed by atoms with Gasteiger partial charge in [0.1, 0.15) is 0 Å². The zero-order valence-electron chi connectivity index (χ0n) is 19.1. The number of hydrogen-bond donors (Lipinski definition) is 1. The Morgan fingerprint density at radius 2 is 1.55 bits per heavy atom. The van der Waals surface area contributed by atoms with Crippen LogP contribution in [0.2, 0.25) is 0 Å². The third-order valence-corrected chi connectivity index (χ3v) is 7.73. The van der Waals surface area contributed by atoms with Gasteiger partial charge in [0.2, 0.25) is 10.0 Å². The number of pyridine rings is 1. The van der Waals surface area contributed by atoms with Gasteiger partial charge in [-0.05, 0) is 68.0 Å². The van der Waals surface area contributed by atoms with Crippen LogP contribution in [0.5, 0.6) is 0 Å². The molecule has 33 heavy (non-hydrogen) atoms. The van der Waals surface area contributed by atoms with Crippen LogP contribution in [0, 0.1) is 20.8 Å². The lowest BCUT2D eigenvalue weighted by Crippen LogP contribution is -2.34. The molecule has 4 rings (SSSR count). The zero-order valence-corrected chi connectivity index (χ0v) is 19.9. The second kappa shape index (κ2) is 9.33. The normalized spacial score (nSPS) is 11.9. The van der Waals surface area contributed by atoms with Gasteiger partial charge in [0, 0.05) is 18.7 Å². The molecule has 0 atom stereocenters. The fourth-order valence-corrected chi connectivity index (χ4v) is 5.50. The highest BCUT2D eigenvalue weighted by molar-refractivity contribution is 7.89. The van der Waals surface area contributed by atoms with Crippen LogP contribution in [0.1, 0.15) is 27.8 Å². The maximum absolute atomic E-state index is 13.6. The summed E-state index contributed by atoms with van der Waals surface area (Å²) in [6, 6.07) is 22.4. The van der Waals surface area contributed by atoms with Gasteiger partial charge in [-0.15, -0.1) is 0 Å². The Bertz CT molecular complexity index is 1440. The van der Waals surface area contributed by atoms with E-state index in [0.29, 0.717) is 12.0 Å². The van der Waals surface area contributed by atoms with Gasteiger partial charge in [-0.1, -0.05) is 59.7 Å². The van der Waals surface area contributed by atoms with Crippen LogP contribution in [-0.2, 0) is 23.0 Å². The number of nitrogens with one attached hydrogen (secondary N) is 1. The minimum absolute atomic E-state index is 0.00130. The molecule has 0 aliphatic heterocycles. The fraction of sp³-hybridized carbons (Fsp3) is 0.222. The highest BCUT2D eigenvalue weighted by Gasteiger charge is 2.25. The van der Waals surface area contributed by atoms with E-state index < -0.39 is 10.0 Å². The summed E-state index contributed by atoms with van der Waals surface area (Å²) in [4.78, 5) is 16.1. The maximum Gasteiger partial charge on any atom is 0.252 e. The summed E-state index contributed by atoms with van der Waals surface area (Å²) in [5.41, 5.74) is 5.05. The summed E-state index contributed by atoms with van der Waals surface area (Å²) >= 11 is 0. The van der Waals surface area contributed by atoms with Gasteiger partial charge in [-0.2, -0.15) is 4.31 Å². The van der Waals surface area contributed by atoms with Crippen molar-refractivity contribution >= 4 is 20.9 Å². The SMILES string of the molecule is Cc1ccc(S(=O)(=O)N(CCc2ccccc2)Cc2cc3cc(C)cc(C)c3[nH]c2=O)cc1. The number of aromatic nitrogens is 1. The van der Waals surface area contributed by atoms with E-state index in [2.05, 4.69) is 4.98 Å². The van der Waals surface area contributed by atoms with E-state index in [4.69, 9.17) is 0 Å². The van der Waals surface area contributed by atoms with Gasteiger partial charge in [-0.25, -0.2) is 8.42 Å². The molecule has 6 heteroatoms. The molecule has 0 unspecified atom stereocenters. The Morgan fingerprint density at radius 1 is 0.848 bits per heavy atom. The van der Waals surface area contributed by atoms with Crippen molar-refractivity contribution in [2.45, 2.75) is 38.6 Å². The molecular formula is C27H28N2O3S. The topological polar surface area (TPSA) is 70.2 Å². The molecule has 1 heterocycles. The second-order valence-electron chi connectivity index (χ2n) is 8.56. The van der Waals surface area contributed by atoms with Crippen LogP contribution >= 0.6 is 0 Å². The van der Waals surface area contributed by atoms with Crippen LogP contribution in [0.15, 0.2) is 82.5 Å². The van der Waals surface area contributed by atoms with E-state index in [-0.39, 0.29) is 23.5 Å². The molecule has 0 aliphatic carbocycles. The van der Waals surface area contributed by atoms with Crippen molar-refractivity contribution in [2.75, 3.05) is 6.54 Å². The zero-order chi connectivity index (χ0) is 23.6. The lowest BCUT2D eigenvalue weighted by molar-refractivity contribution is 0.408. The molecule has 0 saturated carbocycles. The Hall–Kier alpha value is -3.22. The molecule has 1 aromatic heterocycles. The standard InChI is InChI=1S/C27H28N2O3S/c1-19-9-11-25(12-10-19)33(31,32)29(14-13-22-7-5-4-6-8-22)18-24-17-23-16-20(2)15-21(3)26(23)28-27(24)30/h4-12,15-17H,13-14,18H2,1-3H3,(H,28,30). The predicted octanol–water partition coefficient (Wildman–Crippen LogP) is 4.89. The molecule has 0 bridgehead atoms. The smallest absolute Gasteiger partial charge is 0.252 e. The molecule has 170 valence electrons. The molecule has 0 spiro atoms. The summed E-state index contributed by atoms with van der Waals surface area (Å²) in [7, 11) is -3.79. The van der Waals surface area contributed by atoms with Gasteiger partial charge in [-0.3, -0.25) is 4.79 Å². The maximum atomic E-state index is 13.6. The van der Waals surface area contributed by atoms with Crippen LogP contribution in [-0.4, -0.2) is 24.3 Å². The van der Waals surface area contributed by atoms with E-state index in [1.165, 1.54) is 4.31 Å². The number of rotatable bonds is 7. The minimum atomic E-state index is -3.79. The molecule has 0 aliphatic rings. The first-order valence-corrected chi connectivity index (χ1v) is 12.4. The number of aryl methyl sites for hydroxylation is 3. The molecule has 4 aromatic rings. The third kappa shape index (κ3) is 5.07. The highest BCUT2D eigenvalue weighted by atomic mass is 32.2. The number of H-pyrrole nitrogens is 1. The van der Waals surface area contributed by atoms with Gasteiger partial charge in [0.05, 0.1) is 10.4 Å². The molecule has 1 N–H and O–H groups in total. The predicted molar refractivity (Wildman–Crippen MR) is 133 cm³/mol. The Morgan fingerprint density at radius 3 is 2.24 bits per heavy atom. The summed E-state index contributed by atoms with van der Waals surface area (Å²) < 4.78 is 28.5. The first-order chi connectivity index (χ1) is 15.7. The molecule has 0 fully saturated rings. The fourth-order valence-electron chi connectivity index (χ4n) is 4.08. The van der Waals surface area contributed by atoms with Crippen molar-refractivity contribution in [3.63, 3.8) is 0 Å². The minimum Gasteiger partial charge on any atom is -0.321 e. The summed E-state index contributed by atoms with van der Waals surface area (Å²) in [6.07, 6.45) is 0.551. The van der Waals surface area contributed by atoms with Gasteiger partial charge in [0.25, 0.3) is 5.56 Å². The third-order valence-electron chi connectivity index (χ3n) is 5.87. The van der Waals surface area contributed by atoms with Crippen molar-refractivity contribution in [3.05, 3.63) is 111 Å². The van der Waals surface area contributed by atoms with E-state index >= 15 is 0 Å². The van der Waals surface area contributed by atoms with E-state index in [1.54, 1.807) is 24.3 Å². The van der Waals surface area contributed by atoms with Crippen molar-refractivity contribution in [3.8, 4) is 0 Å². The largest absolute Gasteiger partial charge is 0.321 e. The van der Waals surface area contributed by atoms with Crippen LogP contribution < -0.4 is 5.56 Å². The average molecular weight is 461 g/mol. The molecule has 3 aromatic carbocycles. The van der Waals surface area contributed by atoms with Crippen LogP contribution in [0.3, 0.4) is 0 Å². The van der Waals surface area contributed by atoms with Crippen molar-refractivity contribution < 1.29 is 8.42 Å². The Balaban J connectivity index is 1.73. The highest BCUT2D eigenvalue weighted by Crippen LogP contribution is 2.22. The first kappa shape index (κ1) is 23.0. The molecule has 0 amide bonds. The van der Waals surface area contributed by atoms with Crippen molar-refractivity contribution in [1.82, 2.24) is 9.29 Å². The number of aromatic amines is 1.